The molecule has 0 unspecified atom stereocenters. The van der Waals surface area contributed by atoms with Crippen molar-refractivity contribution < 1.29 is 4.42 Å². The highest BCUT2D eigenvalue weighted by molar-refractivity contribution is 6.25. The Morgan fingerprint density at radius 3 is 1.90 bits per heavy atom. The van der Waals surface area contributed by atoms with Crippen LogP contribution in [0.25, 0.3) is 93.2 Å². The average Bonchev–Trinajstić information content (AvgIpc) is 3.86. The van der Waals surface area contributed by atoms with Crippen molar-refractivity contribution in [2.24, 2.45) is 0 Å². The van der Waals surface area contributed by atoms with Crippen molar-refractivity contribution in [1.29, 1.82) is 0 Å². The number of nitrogens with zero attached hydrogens (tertiary/aromatic N) is 2. The van der Waals surface area contributed by atoms with E-state index in [0.717, 1.165) is 44.7 Å². The van der Waals surface area contributed by atoms with Gasteiger partial charge >= 0.3 is 0 Å². The fourth-order valence-electron chi connectivity index (χ4n) is 9.28. The van der Waals surface area contributed by atoms with Crippen molar-refractivity contribution in [3.8, 4) is 27.9 Å². The number of anilines is 3. The molecular weight excluding hydrogens is 717 g/mol. The summed E-state index contributed by atoms with van der Waals surface area (Å²) in [5, 5.41) is 9.65. The van der Waals surface area contributed by atoms with Crippen molar-refractivity contribution in [1.82, 2.24) is 4.57 Å². The topological polar surface area (TPSA) is 21.3 Å². The van der Waals surface area contributed by atoms with Gasteiger partial charge in [-0.25, -0.2) is 0 Å². The minimum atomic E-state index is 0.862. The molecule has 0 spiro atoms. The summed E-state index contributed by atoms with van der Waals surface area (Å²) < 4.78 is 8.90. The molecule has 0 atom stereocenters. The Balaban J connectivity index is 1.11. The molecule has 10 aromatic carbocycles. The quantitative estimate of drug-likeness (QED) is 0.169. The van der Waals surface area contributed by atoms with E-state index < -0.39 is 0 Å². The number of hydrogen-bond donors (Lipinski definition) is 0. The second-order valence-electron chi connectivity index (χ2n) is 15.3. The van der Waals surface area contributed by atoms with Gasteiger partial charge in [-0.1, -0.05) is 152 Å². The Kier molecular flexibility index (Phi) is 7.54. The molecule has 0 saturated carbocycles. The summed E-state index contributed by atoms with van der Waals surface area (Å²) in [6, 6.07) is 78.8. The summed E-state index contributed by atoms with van der Waals surface area (Å²) in [4.78, 5) is 2.38. The molecule has 2 heterocycles. The molecule has 0 saturated heterocycles. The van der Waals surface area contributed by atoms with Gasteiger partial charge in [0.25, 0.3) is 0 Å². The van der Waals surface area contributed by atoms with Crippen LogP contribution in [-0.2, 0) is 0 Å². The Morgan fingerprint density at radius 1 is 0.356 bits per heavy atom. The second kappa shape index (κ2) is 13.4. The average molecular weight is 753 g/mol. The molecule has 0 N–H and O–H groups in total. The zero-order valence-electron chi connectivity index (χ0n) is 32.1. The third kappa shape index (κ3) is 5.36. The maximum Gasteiger partial charge on any atom is 0.137 e. The Morgan fingerprint density at radius 2 is 1.02 bits per heavy atom. The van der Waals surface area contributed by atoms with E-state index in [9.17, 15) is 0 Å². The highest BCUT2D eigenvalue weighted by atomic mass is 16.3. The van der Waals surface area contributed by atoms with E-state index in [0.29, 0.717) is 0 Å². The number of furan rings is 1. The van der Waals surface area contributed by atoms with Gasteiger partial charge in [-0.15, -0.1) is 0 Å². The number of para-hydroxylation sites is 1. The number of hydrogen-bond acceptors (Lipinski definition) is 2. The van der Waals surface area contributed by atoms with E-state index in [1.165, 1.54) is 65.6 Å². The van der Waals surface area contributed by atoms with Gasteiger partial charge in [0.2, 0.25) is 0 Å². The minimum absolute atomic E-state index is 0.862. The lowest BCUT2D eigenvalue weighted by atomic mass is 9.95. The van der Waals surface area contributed by atoms with Crippen LogP contribution in [0.1, 0.15) is 0 Å². The van der Waals surface area contributed by atoms with Crippen molar-refractivity contribution in [3.63, 3.8) is 0 Å². The number of aromatic nitrogens is 1. The van der Waals surface area contributed by atoms with Gasteiger partial charge in [0.15, 0.2) is 0 Å². The van der Waals surface area contributed by atoms with Gasteiger partial charge in [-0.3, -0.25) is 0 Å². The highest BCUT2D eigenvalue weighted by Crippen LogP contribution is 2.46. The largest absolute Gasteiger partial charge is 0.456 e. The van der Waals surface area contributed by atoms with Crippen LogP contribution >= 0.6 is 0 Å². The molecule has 0 aliphatic carbocycles. The van der Waals surface area contributed by atoms with Gasteiger partial charge < -0.3 is 13.9 Å². The SMILES string of the molecule is c1ccc(-c2ccc(N(c3cccc(-n4c5cccc(-c6ccc7ccccc7c6)c5c5c6ccccc6ccc54)c3)c3cccc4oc5ccccc5c34)cc2)cc1. The van der Waals surface area contributed by atoms with E-state index in [4.69, 9.17) is 4.42 Å². The zero-order chi connectivity index (χ0) is 38.9. The first-order valence-electron chi connectivity index (χ1n) is 20.2. The standard InChI is InChI=1S/C56H36N2O/c1-2-13-37(14-3-1)39-29-32-43(33-30-39)57(49-24-12-26-53-54(49)48-21-8-9-25-52(48)59-53)44-18-10-19-45(36-44)58-50-23-11-22-47(42-28-27-38-15-4-5-17-41(38)35-42)56(50)55-46-20-7-6-16-40(46)31-34-51(55)58/h1-36H. The third-order valence-electron chi connectivity index (χ3n) is 11.9. The monoisotopic (exact) mass is 752 g/mol. The van der Waals surface area contributed by atoms with E-state index in [2.05, 4.69) is 222 Å². The molecule has 3 nitrogen and oxygen atoms in total. The molecule has 0 bridgehead atoms. The van der Waals surface area contributed by atoms with E-state index in [-0.39, 0.29) is 0 Å². The van der Waals surface area contributed by atoms with Crippen molar-refractivity contribution in [2.45, 2.75) is 0 Å². The molecule has 12 rings (SSSR count). The predicted molar refractivity (Wildman–Crippen MR) is 249 cm³/mol. The van der Waals surface area contributed by atoms with Crippen molar-refractivity contribution in [2.75, 3.05) is 4.90 Å². The second-order valence-corrected chi connectivity index (χ2v) is 15.3. The lowest BCUT2D eigenvalue weighted by Crippen LogP contribution is -2.11. The van der Waals surface area contributed by atoms with Crippen molar-refractivity contribution in [3.05, 3.63) is 218 Å². The Bertz CT molecular complexity index is 3560. The molecule has 0 amide bonds. The first-order chi connectivity index (χ1) is 29.3. The maximum absolute atomic E-state index is 6.45. The van der Waals surface area contributed by atoms with Gasteiger partial charge in [0.1, 0.15) is 11.2 Å². The van der Waals surface area contributed by atoms with Crippen molar-refractivity contribution >= 4 is 82.4 Å². The minimum Gasteiger partial charge on any atom is -0.456 e. The zero-order valence-corrected chi connectivity index (χ0v) is 32.1. The van der Waals surface area contributed by atoms with Crippen LogP contribution in [0.5, 0.6) is 0 Å². The summed E-state index contributed by atoms with van der Waals surface area (Å²) in [5.41, 5.74) is 13.1. The molecule has 0 radical (unpaired) electrons. The number of rotatable bonds is 6. The molecule has 0 aliphatic heterocycles. The van der Waals surface area contributed by atoms with E-state index in [1.807, 2.05) is 6.07 Å². The fraction of sp³-hybridized carbons (Fsp3) is 0. The Hall–Kier alpha value is -7.88. The number of benzene rings is 10. The molecule has 2 aromatic heterocycles. The lowest BCUT2D eigenvalue weighted by molar-refractivity contribution is 0.669. The van der Waals surface area contributed by atoms with E-state index in [1.54, 1.807) is 0 Å². The predicted octanol–water partition coefficient (Wildman–Crippen LogP) is 15.8. The molecule has 0 aliphatic rings. The maximum atomic E-state index is 6.45. The van der Waals surface area contributed by atoms with Crippen LogP contribution in [0.4, 0.5) is 17.1 Å². The highest BCUT2D eigenvalue weighted by Gasteiger charge is 2.22. The van der Waals surface area contributed by atoms with Crippen LogP contribution in [0.15, 0.2) is 223 Å². The van der Waals surface area contributed by atoms with Crippen LogP contribution in [0, 0.1) is 0 Å². The molecule has 0 fully saturated rings. The first-order valence-corrected chi connectivity index (χ1v) is 20.2. The molecule has 276 valence electrons. The van der Waals surface area contributed by atoms with Crippen LogP contribution in [0.3, 0.4) is 0 Å². The normalized spacial score (nSPS) is 11.7. The van der Waals surface area contributed by atoms with Crippen LogP contribution in [-0.4, -0.2) is 4.57 Å². The van der Waals surface area contributed by atoms with Gasteiger partial charge in [-0.2, -0.15) is 0 Å². The lowest BCUT2D eigenvalue weighted by Gasteiger charge is -2.27. The first kappa shape index (κ1) is 33.3. The Labute approximate surface area is 341 Å². The fourth-order valence-corrected chi connectivity index (χ4v) is 9.28. The van der Waals surface area contributed by atoms with Crippen LogP contribution in [0.2, 0.25) is 0 Å². The van der Waals surface area contributed by atoms with E-state index >= 15 is 0 Å². The summed E-state index contributed by atoms with van der Waals surface area (Å²) in [6.45, 7) is 0. The van der Waals surface area contributed by atoms with Gasteiger partial charge in [0, 0.05) is 33.2 Å². The molecular formula is C56H36N2O. The smallest absolute Gasteiger partial charge is 0.137 e. The summed E-state index contributed by atoms with van der Waals surface area (Å²) in [5.74, 6) is 0. The molecule has 12 aromatic rings. The third-order valence-corrected chi connectivity index (χ3v) is 11.9. The summed E-state index contributed by atoms with van der Waals surface area (Å²) in [6.07, 6.45) is 0. The summed E-state index contributed by atoms with van der Waals surface area (Å²) >= 11 is 0. The van der Waals surface area contributed by atoms with Gasteiger partial charge in [0.05, 0.1) is 22.1 Å². The number of fused-ring (bicyclic) bond motifs is 9. The van der Waals surface area contributed by atoms with Gasteiger partial charge in [-0.05, 0) is 111 Å². The van der Waals surface area contributed by atoms with Crippen LogP contribution < -0.4 is 4.90 Å². The molecule has 3 heteroatoms. The molecule has 59 heavy (non-hydrogen) atoms. The summed E-state index contributed by atoms with van der Waals surface area (Å²) in [7, 11) is 0.